The van der Waals surface area contributed by atoms with E-state index < -0.39 is 0 Å². The lowest BCUT2D eigenvalue weighted by atomic mass is 9.75. The Labute approximate surface area is 125 Å². The third-order valence-corrected chi connectivity index (χ3v) is 5.33. The Kier molecular flexibility index (Phi) is 5.70. The molecule has 0 aromatic carbocycles. The zero-order chi connectivity index (χ0) is 13.7. The first-order valence-corrected chi connectivity index (χ1v) is 8.39. The van der Waals surface area contributed by atoms with E-state index in [9.17, 15) is 0 Å². The topological polar surface area (TPSA) is 21.3 Å². The van der Waals surface area contributed by atoms with E-state index in [1.54, 1.807) is 11.3 Å². The molecule has 1 saturated carbocycles. The highest BCUT2D eigenvalue weighted by Gasteiger charge is 2.38. The summed E-state index contributed by atoms with van der Waals surface area (Å²) in [7, 11) is 1.86. The van der Waals surface area contributed by atoms with Gasteiger partial charge in [-0.05, 0) is 57.2 Å². The van der Waals surface area contributed by atoms with Crippen molar-refractivity contribution in [1.82, 2.24) is 5.32 Å². The minimum absolute atomic E-state index is 0.131. The summed E-state index contributed by atoms with van der Waals surface area (Å²) in [5.41, 5.74) is 0.131. The Morgan fingerprint density at radius 1 is 1.47 bits per heavy atom. The second-order valence-corrected chi connectivity index (χ2v) is 7.31. The van der Waals surface area contributed by atoms with Gasteiger partial charge in [0.05, 0.1) is 9.94 Å². The van der Waals surface area contributed by atoms with Crippen molar-refractivity contribution in [3.63, 3.8) is 0 Å². The van der Waals surface area contributed by atoms with E-state index in [0.29, 0.717) is 6.04 Å². The third-order valence-electron chi connectivity index (χ3n) is 4.08. The Morgan fingerprint density at radius 3 is 2.74 bits per heavy atom. The van der Waals surface area contributed by atoms with Crippen LogP contribution in [0.15, 0.2) is 12.1 Å². The molecule has 0 saturated heterocycles. The van der Waals surface area contributed by atoms with Crippen molar-refractivity contribution in [1.29, 1.82) is 0 Å². The monoisotopic (exact) mass is 301 g/mol. The van der Waals surface area contributed by atoms with Crippen LogP contribution in [0.1, 0.15) is 43.9 Å². The van der Waals surface area contributed by atoms with Gasteiger partial charge in [0.15, 0.2) is 0 Å². The molecule has 2 nitrogen and oxygen atoms in total. The predicted octanol–water partition coefficient (Wildman–Crippen LogP) is 4.27. The molecule has 2 rings (SSSR count). The maximum absolute atomic E-state index is 6.02. The summed E-state index contributed by atoms with van der Waals surface area (Å²) < 4.78 is 6.65. The Morgan fingerprint density at radius 2 is 2.26 bits per heavy atom. The molecule has 0 radical (unpaired) electrons. The molecule has 4 heteroatoms. The first kappa shape index (κ1) is 15.3. The summed E-state index contributed by atoms with van der Waals surface area (Å²) in [6, 6.07) is 4.64. The molecule has 1 unspecified atom stereocenters. The molecular weight excluding hydrogens is 278 g/mol. The van der Waals surface area contributed by atoms with Gasteiger partial charge in [-0.25, -0.2) is 0 Å². The fraction of sp³-hybridized carbons (Fsp3) is 0.733. The van der Waals surface area contributed by atoms with Gasteiger partial charge >= 0.3 is 0 Å². The molecule has 0 spiro atoms. The molecule has 0 bridgehead atoms. The predicted molar refractivity (Wildman–Crippen MR) is 83.3 cm³/mol. The van der Waals surface area contributed by atoms with Gasteiger partial charge in [0.2, 0.25) is 0 Å². The smallest absolute Gasteiger partial charge is 0.0931 e. The van der Waals surface area contributed by atoms with Crippen LogP contribution in [0.5, 0.6) is 0 Å². The van der Waals surface area contributed by atoms with Crippen LogP contribution >= 0.6 is 22.9 Å². The van der Waals surface area contributed by atoms with Crippen LogP contribution in [0.4, 0.5) is 0 Å². The Balaban J connectivity index is 1.94. The van der Waals surface area contributed by atoms with Gasteiger partial charge in [-0.3, -0.25) is 0 Å². The molecule has 1 atom stereocenters. The molecular formula is C15H24ClNOS. The van der Waals surface area contributed by atoms with Crippen molar-refractivity contribution in [2.75, 3.05) is 13.7 Å². The van der Waals surface area contributed by atoms with E-state index in [-0.39, 0.29) is 5.60 Å². The molecule has 0 aliphatic heterocycles. The minimum atomic E-state index is 0.131. The van der Waals surface area contributed by atoms with Gasteiger partial charge in [-0.1, -0.05) is 18.5 Å². The van der Waals surface area contributed by atoms with Crippen molar-refractivity contribution >= 4 is 22.9 Å². The van der Waals surface area contributed by atoms with Crippen molar-refractivity contribution < 1.29 is 4.74 Å². The molecule has 108 valence electrons. The van der Waals surface area contributed by atoms with Crippen molar-refractivity contribution in [2.45, 2.75) is 57.1 Å². The number of ether oxygens (including phenoxy) is 1. The van der Waals surface area contributed by atoms with E-state index in [1.807, 2.05) is 13.2 Å². The van der Waals surface area contributed by atoms with Crippen LogP contribution in [-0.2, 0) is 11.2 Å². The summed E-state index contributed by atoms with van der Waals surface area (Å²) in [5.74, 6) is 0. The molecule has 1 aliphatic carbocycles. The molecule has 1 N–H and O–H groups in total. The van der Waals surface area contributed by atoms with Gasteiger partial charge in [-0.15, -0.1) is 11.3 Å². The SMILES string of the molecule is CCCNC(Cc1ccc(Cl)s1)CC1(OC)CCC1. The van der Waals surface area contributed by atoms with Crippen molar-refractivity contribution in [3.05, 3.63) is 21.3 Å². The van der Waals surface area contributed by atoms with E-state index >= 15 is 0 Å². The average Bonchev–Trinajstić information content (AvgIpc) is 2.76. The van der Waals surface area contributed by atoms with Gasteiger partial charge in [0.25, 0.3) is 0 Å². The molecule has 1 fully saturated rings. The largest absolute Gasteiger partial charge is 0.378 e. The van der Waals surface area contributed by atoms with E-state index in [0.717, 1.165) is 23.7 Å². The average molecular weight is 302 g/mol. The normalized spacial score (nSPS) is 19.1. The molecule has 1 heterocycles. The van der Waals surface area contributed by atoms with Crippen LogP contribution in [0.25, 0.3) is 0 Å². The molecule has 19 heavy (non-hydrogen) atoms. The Bertz CT molecular complexity index is 384. The lowest BCUT2D eigenvalue weighted by molar-refractivity contribution is -0.0833. The fourth-order valence-electron chi connectivity index (χ4n) is 2.78. The maximum atomic E-state index is 6.02. The highest BCUT2D eigenvalue weighted by atomic mass is 35.5. The van der Waals surface area contributed by atoms with Crippen molar-refractivity contribution in [3.8, 4) is 0 Å². The number of hydrogen-bond donors (Lipinski definition) is 1. The molecule has 0 amide bonds. The van der Waals surface area contributed by atoms with Crippen LogP contribution in [0.2, 0.25) is 4.34 Å². The number of thiophene rings is 1. The van der Waals surface area contributed by atoms with Crippen LogP contribution < -0.4 is 5.32 Å². The molecule has 1 aromatic rings. The van der Waals surface area contributed by atoms with Crippen LogP contribution in [0, 0.1) is 0 Å². The summed E-state index contributed by atoms with van der Waals surface area (Å²) >= 11 is 7.71. The summed E-state index contributed by atoms with van der Waals surface area (Å²) in [5, 5.41) is 3.67. The number of rotatable bonds is 8. The lowest BCUT2D eigenvalue weighted by Crippen LogP contribution is -2.46. The number of halogens is 1. The number of nitrogens with one attached hydrogen (secondary N) is 1. The maximum Gasteiger partial charge on any atom is 0.0931 e. The quantitative estimate of drug-likeness (QED) is 0.774. The van der Waals surface area contributed by atoms with E-state index in [4.69, 9.17) is 16.3 Å². The zero-order valence-corrected chi connectivity index (χ0v) is 13.4. The highest BCUT2D eigenvalue weighted by molar-refractivity contribution is 7.16. The summed E-state index contributed by atoms with van der Waals surface area (Å²) in [4.78, 5) is 1.36. The fourth-order valence-corrected chi connectivity index (χ4v) is 3.95. The van der Waals surface area contributed by atoms with E-state index in [2.05, 4.69) is 18.3 Å². The first-order chi connectivity index (χ1) is 9.17. The zero-order valence-electron chi connectivity index (χ0n) is 11.9. The molecule has 1 aliphatic rings. The Hall–Kier alpha value is -0.0900. The van der Waals surface area contributed by atoms with Crippen LogP contribution in [0.3, 0.4) is 0 Å². The number of hydrogen-bond acceptors (Lipinski definition) is 3. The van der Waals surface area contributed by atoms with Crippen molar-refractivity contribution in [2.24, 2.45) is 0 Å². The lowest BCUT2D eigenvalue weighted by Gasteiger charge is -2.43. The van der Waals surface area contributed by atoms with Gasteiger partial charge in [0, 0.05) is 18.0 Å². The summed E-state index contributed by atoms with van der Waals surface area (Å²) in [6.45, 7) is 3.28. The number of methoxy groups -OCH3 is 1. The highest BCUT2D eigenvalue weighted by Crippen LogP contribution is 2.39. The molecule has 1 aromatic heterocycles. The second kappa shape index (κ2) is 7.07. The third kappa shape index (κ3) is 4.19. The van der Waals surface area contributed by atoms with Gasteiger partial charge < -0.3 is 10.1 Å². The summed E-state index contributed by atoms with van der Waals surface area (Å²) in [6.07, 6.45) is 7.06. The van der Waals surface area contributed by atoms with Crippen LogP contribution in [-0.4, -0.2) is 25.3 Å². The van der Waals surface area contributed by atoms with Gasteiger partial charge in [-0.2, -0.15) is 0 Å². The standard InChI is InChI=1S/C15H24ClNOS/c1-3-9-17-12(10-13-5-6-14(16)19-13)11-15(18-2)7-4-8-15/h5-6,12,17H,3-4,7-11H2,1-2H3. The van der Waals surface area contributed by atoms with Gasteiger partial charge in [0.1, 0.15) is 0 Å². The van der Waals surface area contributed by atoms with E-state index in [1.165, 1.54) is 30.6 Å². The minimum Gasteiger partial charge on any atom is -0.378 e. The first-order valence-electron chi connectivity index (χ1n) is 7.20. The second-order valence-electron chi connectivity index (χ2n) is 5.51.